The van der Waals surface area contributed by atoms with Crippen LogP contribution in [0.4, 0.5) is 0 Å². The quantitative estimate of drug-likeness (QED) is 0.500. The van der Waals surface area contributed by atoms with Gasteiger partial charge in [-0.1, -0.05) is 0 Å². The lowest BCUT2D eigenvalue weighted by Crippen LogP contribution is -1.93. The highest BCUT2D eigenvalue weighted by Gasteiger charge is 1.98. The van der Waals surface area contributed by atoms with E-state index in [0.717, 1.165) is 25.1 Å². The number of rotatable bonds is 4. The van der Waals surface area contributed by atoms with Crippen molar-refractivity contribution < 1.29 is 0 Å². The predicted molar refractivity (Wildman–Crippen MR) is 42.5 cm³/mol. The molecule has 0 aromatic carbocycles. The maximum absolute atomic E-state index is 5.51. The van der Waals surface area contributed by atoms with Gasteiger partial charge in [0, 0.05) is 12.3 Å². The monoisotopic (exact) mass is 174 g/mol. The molecule has 1 aromatic heterocycles. The first-order chi connectivity index (χ1) is 5.33. The number of aryl methyl sites for hydroxylation is 2. The topological polar surface area (TPSA) is 43.6 Å². The summed E-state index contributed by atoms with van der Waals surface area (Å²) in [5.41, 5.74) is 0. The highest BCUT2D eigenvalue weighted by atomic mass is 35.5. The van der Waals surface area contributed by atoms with Crippen LogP contribution in [0.25, 0.3) is 0 Å². The normalized spacial score (nSPS) is 10.4. The molecule has 0 atom stereocenters. The lowest BCUT2D eigenvalue weighted by Gasteiger charge is -1.90. The van der Waals surface area contributed by atoms with Crippen LogP contribution in [0, 0.1) is 0 Å². The highest BCUT2D eigenvalue weighted by Crippen LogP contribution is 1.97. The summed E-state index contributed by atoms with van der Waals surface area (Å²) in [5, 5.41) is 11.6. The first-order valence-corrected chi connectivity index (χ1v) is 4.15. The van der Waals surface area contributed by atoms with Gasteiger partial charge >= 0.3 is 0 Å². The fraction of sp³-hybridized carbons (Fsp3) is 0.833. The van der Waals surface area contributed by atoms with Crippen molar-refractivity contribution >= 4 is 11.6 Å². The molecule has 0 saturated carbocycles. The lowest BCUT2D eigenvalue weighted by molar-refractivity contribution is 0.626. The molecule has 1 heterocycles. The molecule has 62 valence electrons. The first-order valence-electron chi connectivity index (χ1n) is 3.62. The number of halogens is 1. The average Bonchev–Trinajstić information content (AvgIpc) is 2.37. The average molecular weight is 175 g/mol. The van der Waals surface area contributed by atoms with E-state index in [-0.39, 0.29) is 0 Å². The van der Waals surface area contributed by atoms with Crippen molar-refractivity contribution in [2.75, 3.05) is 5.88 Å². The molecule has 0 aliphatic rings. The standard InChI is InChI=1S/C6H11ClN4/c1-11-9-6(8-10-11)4-2-3-5-7/h2-5H2,1H3. The number of tetrazole rings is 1. The Hall–Kier alpha value is -0.640. The molecule has 5 heteroatoms. The van der Waals surface area contributed by atoms with Gasteiger partial charge in [-0.25, -0.2) is 0 Å². The molecule has 0 unspecified atom stereocenters. The fourth-order valence-corrected chi connectivity index (χ4v) is 0.990. The van der Waals surface area contributed by atoms with Crippen LogP contribution in [-0.2, 0) is 13.5 Å². The summed E-state index contributed by atoms with van der Waals surface area (Å²) in [5.74, 6) is 1.51. The van der Waals surface area contributed by atoms with Gasteiger partial charge in [0.1, 0.15) is 0 Å². The van der Waals surface area contributed by atoms with Gasteiger partial charge in [-0.05, 0) is 18.1 Å². The molecule has 4 nitrogen and oxygen atoms in total. The summed E-state index contributed by atoms with van der Waals surface area (Å²) in [7, 11) is 1.76. The van der Waals surface area contributed by atoms with E-state index in [1.807, 2.05) is 0 Å². The van der Waals surface area contributed by atoms with E-state index >= 15 is 0 Å². The number of aromatic nitrogens is 4. The molecule has 1 aromatic rings. The van der Waals surface area contributed by atoms with Crippen LogP contribution in [0.3, 0.4) is 0 Å². The first kappa shape index (κ1) is 8.46. The van der Waals surface area contributed by atoms with Gasteiger partial charge < -0.3 is 0 Å². The van der Waals surface area contributed by atoms with E-state index in [9.17, 15) is 0 Å². The highest BCUT2D eigenvalue weighted by molar-refractivity contribution is 6.17. The second-order valence-electron chi connectivity index (χ2n) is 2.34. The maximum atomic E-state index is 5.51. The fourth-order valence-electron chi connectivity index (χ4n) is 0.801. The Balaban J connectivity index is 2.27. The Kier molecular flexibility index (Phi) is 3.29. The van der Waals surface area contributed by atoms with Gasteiger partial charge in [0.05, 0.1) is 7.05 Å². The van der Waals surface area contributed by atoms with Gasteiger partial charge in [-0.15, -0.1) is 21.8 Å². The second kappa shape index (κ2) is 4.28. The Bertz CT molecular complexity index is 210. The molecule has 0 bridgehead atoms. The molecule has 0 spiro atoms. The number of hydrogen-bond donors (Lipinski definition) is 0. The van der Waals surface area contributed by atoms with Gasteiger partial charge in [0.15, 0.2) is 5.82 Å². The summed E-state index contributed by atoms with van der Waals surface area (Å²) in [4.78, 5) is 1.47. The molecule has 0 aliphatic heterocycles. The summed E-state index contributed by atoms with van der Waals surface area (Å²) in [6.45, 7) is 0. The molecule has 0 fully saturated rings. The van der Waals surface area contributed by atoms with Crippen LogP contribution in [0.5, 0.6) is 0 Å². The zero-order valence-electron chi connectivity index (χ0n) is 6.50. The largest absolute Gasteiger partial charge is 0.174 e. The Morgan fingerprint density at radius 3 is 2.82 bits per heavy atom. The van der Waals surface area contributed by atoms with E-state index in [1.54, 1.807) is 7.05 Å². The number of nitrogens with zero attached hydrogens (tertiary/aromatic N) is 4. The van der Waals surface area contributed by atoms with Crippen LogP contribution in [0.2, 0.25) is 0 Å². The zero-order valence-corrected chi connectivity index (χ0v) is 7.25. The van der Waals surface area contributed by atoms with E-state index in [1.165, 1.54) is 4.80 Å². The van der Waals surface area contributed by atoms with Crippen molar-refractivity contribution in [2.24, 2.45) is 7.05 Å². The summed E-state index contributed by atoms with van der Waals surface area (Å²) >= 11 is 5.51. The number of hydrogen-bond acceptors (Lipinski definition) is 3. The van der Waals surface area contributed by atoms with Gasteiger partial charge in [0.2, 0.25) is 0 Å². The van der Waals surface area contributed by atoms with Crippen molar-refractivity contribution in [3.8, 4) is 0 Å². The molecule has 0 radical (unpaired) electrons. The minimum absolute atomic E-state index is 0.709. The Morgan fingerprint density at radius 2 is 2.27 bits per heavy atom. The third-order valence-electron chi connectivity index (χ3n) is 1.33. The SMILES string of the molecule is Cn1nnc(CCCCCl)n1. The van der Waals surface area contributed by atoms with Crippen LogP contribution >= 0.6 is 11.6 Å². The molecular formula is C6H11ClN4. The predicted octanol–water partition coefficient (Wildman–Crippen LogP) is 0.772. The zero-order chi connectivity index (χ0) is 8.10. The second-order valence-corrected chi connectivity index (χ2v) is 2.72. The molecule has 0 aliphatic carbocycles. The van der Waals surface area contributed by atoms with E-state index in [2.05, 4.69) is 15.4 Å². The molecule has 1 rings (SSSR count). The summed E-state index contributed by atoms with van der Waals surface area (Å²) in [6, 6.07) is 0. The third kappa shape index (κ3) is 2.84. The van der Waals surface area contributed by atoms with Crippen molar-refractivity contribution in [1.29, 1.82) is 0 Å². The van der Waals surface area contributed by atoms with Crippen molar-refractivity contribution in [3.63, 3.8) is 0 Å². The summed E-state index contributed by atoms with van der Waals surface area (Å²) in [6.07, 6.45) is 2.93. The van der Waals surface area contributed by atoms with E-state index in [0.29, 0.717) is 5.88 Å². The number of alkyl halides is 1. The van der Waals surface area contributed by atoms with Crippen LogP contribution in [-0.4, -0.2) is 26.1 Å². The number of unbranched alkanes of at least 4 members (excludes halogenated alkanes) is 1. The Morgan fingerprint density at radius 1 is 1.45 bits per heavy atom. The third-order valence-corrected chi connectivity index (χ3v) is 1.60. The lowest BCUT2D eigenvalue weighted by atomic mass is 10.2. The van der Waals surface area contributed by atoms with Crippen LogP contribution < -0.4 is 0 Å². The van der Waals surface area contributed by atoms with Gasteiger partial charge in [0.25, 0.3) is 0 Å². The van der Waals surface area contributed by atoms with Crippen LogP contribution in [0.1, 0.15) is 18.7 Å². The minimum Gasteiger partial charge on any atom is -0.167 e. The molecule has 11 heavy (non-hydrogen) atoms. The smallest absolute Gasteiger partial charge is 0.167 e. The van der Waals surface area contributed by atoms with Gasteiger partial charge in [-0.3, -0.25) is 0 Å². The van der Waals surface area contributed by atoms with Crippen LogP contribution in [0.15, 0.2) is 0 Å². The van der Waals surface area contributed by atoms with Crippen molar-refractivity contribution in [3.05, 3.63) is 5.82 Å². The van der Waals surface area contributed by atoms with Gasteiger partial charge in [-0.2, -0.15) is 4.80 Å². The molecular weight excluding hydrogens is 164 g/mol. The molecule has 0 amide bonds. The molecule has 0 N–H and O–H groups in total. The van der Waals surface area contributed by atoms with Crippen molar-refractivity contribution in [2.45, 2.75) is 19.3 Å². The van der Waals surface area contributed by atoms with Crippen molar-refractivity contribution in [1.82, 2.24) is 20.2 Å². The summed E-state index contributed by atoms with van der Waals surface area (Å²) < 4.78 is 0. The maximum Gasteiger partial charge on any atom is 0.174 e. The Labute approximate surface area is 70.5 Å². The van der Waals surface area contributed by atoms with E-state index < -0.39 is 0 Å². The van der Waals surface area contributed by atoms with E-state index in [4.69, 9.17) is 11.6 Å². The molecule has 0 saturated heterocycles. The minimum atomic E-state index is 0.709.